The SMILES string of the molecule is C=CC[C@@H]1C[C@H](c2ccc(C(C)(C)C)cc2)ON1. The molecular formula is C16H23NO. The largest absolute Gasteiger partial charge is 0.293 e. The molecule has 98 valence electrons. The second-order valence-corrected chi connectivity index (χ2v) is 6.05. The van der Waals surface area contributed by atoms with Gasteiger partial charge in [-0.3, -0.25) is 4.84 Å². The van der Waals surface area contributed by atoms with Crippen LogP contribution in [0.3, 0.4) is 0 Å². The summed E-state index contributed by atoms with van der Waals surface area (Å²) < 4.78 is 0. The van der Waals surface area contributed by atoms with E-state index in [0.717, 1.165) is 12.8 Å². The number of hydrogen-bond acceptors (Lipinski definition) is 2. The Morgan fingerprint density at radius 1 is 1.33 bits per heavy atom. The van der Waals surface area contributed by atoms with Crippen LogP contribution in [-0.4, -0.2) is 6.04 Å². The molecule has 0 bridgehead atoms. The highest BCUT2D eigenvalue weighted by molar-refractivity contribution is 5.29. The molecule has 2 rings (SSSR count). The number of benzene rings is 1. The molecule has 0 saturated carbocycles. The van der Waals surface area contributed by atoms with Crippen molar-refractivity contribution in [3.05, 3.63) is 48.0 Å². The Balaban J connectivity index is 2.05. The van der Waals surface area contributed by atoms with Crippen molar-refractivity contribution in [3.8, 4) is 0 Å². The molecule has 1 aromatic rings. The van der Waals surface area contributed by atoms with Gasteiger partial charge in [-0.1, -0.05) is 51.1 Å². The lowest BCUT2D eigenvalue weighted by atomic mass is 9.86. The van der Waals surface area contributed by atoms with E-state index in [2.05, 4.69) is 57.1 Å². The molecule has 0 spiro atoms. The lowest BCUT2D eigenvalue weighted by Crippen LogP contribution is -2.18. The van der Waals surface area contributed by atoms with E-state index in [4.69, 9.17) is 4.84 Å². The summed E-state index contributed by atoms with van der Waals surface area (Å²) in [6.07, 6.45) is 4.08. The molecule has 2 atom stereocenters. The lowest BCUT2D eigenvalue weighted by Gasteiger charge is -2.19. The molecule has 1 saturated heterocycles. The quantitative estimate of drug-likeness (QED) is 0.816. The molecule has 0 radical (unpaired) electrons. The van der Waals surface area contributed by atoms with Crippen molar-refractivity contribution >= 4 is 0 Å². The van der Waals surface area contributed by atoms with E-state index in [0.29, 0.717) is 6.04 Å². The molecule has 0 amide bonds. The van der Waals surface area contributed by atoms with Crippen molar-refractivity contribution in [1.29, 1.82) is 0 Å². The maximum absolute atomic E-state index is 5.63. The van der Waals surface area contributed by atoms with Crippen LogP contribution in [0.1, 0.15) is 50.8 Å². The Labute approximate surface area is 110 Å². The van der Waals surface area contributed by atoms with Gasteiger partial charge < -0.3 is 0 Å². The summed E-state index contributed by atoms with van der Waals surface area (Å²) in [5.41, 5.74) is 5.90. The summed E-state index contributed by atoms with van der Waals surface area (Å²) in [4.78, 5) is 5.63. The standard InChI is InChI=1S/C16H23NO/c1-5-6-14-11-15(18-17-14)12-7-9-13(10-8-12)16(2,3)4/h5,7-10,14-15,17H,1,6,11H2,2-4H3/t14-,15-/m1/s1. The van der Waals surface area contributed by atoms with Crippen LogP contribution in [0.4, 0.5) is 0 Å². The first kappa shape index (κ1) is 13.3. The molecule has 0 aliphatic carbocycles. The minimum atomic E-state index is 0.170. The monoisotopic (exact) mass is 245 g/mol. The van der Waals surface area contributed by atoms with Crippen molar-refractivity contribution in [2.45, 2.75) is 51.2 Å². The number of rotatable bonds is 3. The van der Waals surface area contributed by atoms with Crippen LogP contribution in [-0.2, 0) is 10.3 Å². The summed E-state index contributed by atoms with van der Waals surface area (Å²) in [6.45, 7) is 10.5. The molecule has 1 N–H and O–H groups in total. The molecule has 0 unspecified atom stereocenters. The van der Waals surface area contributed by atoms with Crippen molar-refractivity contribution in [2.24, 2.45) is 0 Å². The smallest absolute Gasteiger partial charge is 0.106 e. The maximum atomic E-state index is 5.63. The lowest BCUT2D eigenvalue weighted by molar-refractivity contribution is 0.0259. The second-order valence-electron chi connectivity index (χ2n) is 6.05. The third kappa shape index (κ3) is 3.01. The summed E-state index contributed by atoms with van der Waals surface area (Å²) in [6, 6.07) is 9.18. The minimum Gasteiger partial charge on any atom is -0.293 e. The van der Waals surface area contributed by atoms with Crippen molar-refractivity contribution in [2.75, 3.05) is 0 Å². The van der Waals surface area contributed by atoms with Crippen LogP contribution >= 0.6 is 0 Å². The number of hydroxylamine groups is 1. The predicted octanol–water partition coefficient (Wildman–Crippen LogP) is 3.89. The van der Waals surface area contributed by atoms with Crippen LogP contribution in [0.25, 0.3) is 0 Å². The molecule has 18 heavy (non-hydrogen) atoms. The van der Waals surface area contributed by atoms with E-state index < -0.39 is 0 Å². The maximum Gasteiger partial charge on any atom is 0.106 e. The number of nitrogens with one attached hydrogen (secondary N) is 1. The van der Waals surface area contributed by atoms with Crippen molar-refractivity contribution in [3.63, 3.8) is 0 Å². The van der Waals surface area contributed by atoms with Gasteiger partial charge in [-0.05, 0) is 29.4 Å². The van der Waals surface area contributed by atoms with Crippen LogP contribution in [0.15, 0.2) is 36.9 Å². The molecule has 1 aromatic carbocycles. The molecule has 1 heterocycles. The van der Waals surface area contributed by atoms with Crippen molar-refractivity contribution < 1.29 is 4.84 Å². The summed E-state index contributed by atoms with van der Waals surface area (Å²) in [7, 11) is 0. The molecule has 0 aromatic heterocycles. The highest BCUT2D eigenvalue weighted by Crippen LogP contribution is 2.30. The predicted molar refractivity (Wildman–Crippen MR) is 75.3 cm³/mol. The fourth-order valence-electron chi connectivity index (χ4n) is 2.28. The molecule has 1 fully saturated rings. The molecule has 1 aliphatic rings. The molecular weight excluding hydrogens is 222 g/mol. The highest BCUT2D eigenvalue weighted by atomic mass is 16.7. The van der Waals surface area contributed by atoms with Gasteiger partial charge in [0.2, 0.25) is 0 Å². The highest BCUT2D eigenvalue weighted by Gasteiger charge is 2.26. The minimum absolute atomic E-state index is 0.170. The fourth-order valence-corrected chi connectivity index (χ4v) is 2.28. The molecule has 2 nitrogen and oxygen atoms in total. The first-order valence-electron chi connectivity index (χ1n) is 6.63. The van der Waals surface area contributed by atoms with Gasteiger partial charge in [0.05, 0.1) is 0 Å². The summed E-state index contributed by atoms with van der Waals surface area (Å²) >= 11 is 0. The average Bonchev–Trinajstić information content (AvgIpc) is 2.77. The van der Waals surface area contributed by atoms with Gasteiger partial charge in [0.15, 0.2) is 0 Å². The van der Waals surface area contributed by atoms with Gasteiger partial charge in [-0.15, -0.1) is 6.58 Å². The first-order chi connectivity index (χ1) is 8.50. The van der Waals surface area contributed by atoms with Gasteiger partial charge >= 0.3 is 0 Å². The topological polar surface area (TPSA) is 21.3 Å². The summed E-state index contributed by atoms with van der Waals surface area (Å²) in [5.74, 6) is 0. The molecule has 2 heteroatoms. The van der Waals surface area contributed by atoms with E-state index in [1.54, 1.807) is 0 Å². The zero-order valence-corrected chi connectivity index (χ0v) is 11.6. The van der Waals surface area contributed by atoms with E-state index >= 15 is 0 Å². The van der Waals surface area contributed by atoms with Gasteiger partial charge in [-0.2, -0.15) is 5.48 Å². The second kappa shape index (κ2) is 5.25. The molecule has 1 aliphatic heterocycles. The average molecular weight is 245 g/mol. The number of hydrogen-bond donors (Lipinski definition) is 1. The Hall–Kier alpha value is -1.12. The van der Waals surface area contributed by atoms with E-state index in [1.807, 2.05) is 6.08 Å². The first-order valence-corrected chi connectivity index (χ1v) is 6.63. The van der Waals surface area contributed by atoms with E-state index in [9.17, 15) is 0 Å². The van der Waals surface area contributed by atoms with E-state index in [1.165, 1.54) is 11.1 Å². The zero-order chi connectivity index (χ0) is 13.2. The third-order valence-corrected chi connectivity index (χ3v) is 3.48. The fraction of sp³-hybridized carbons (Fsp3) is 0.500. The van der Waals surface area contributed by atoms with Crippen LogP contribution in [0.2, 0.25) is 0 Å². The summed E-state index contributed by atoms with van der Waals surface area (Å²) in [5, 5.41) is 0. The Bertz CT molecular complexity index is 402. The third-order valence-electron chi connectivity index (χ3n) is 3.48. The van der Waals surface area contributed by atoms with Gasteiger partial charge in [0.1, 0.15) is 6.10 Å². The normalized spacial score (nSPS) is 24.2. The Morgan fingerprint density at radius 3 is 2.56 bits per heavy atom. The van der Waals surface area contributed by atoms with Crippen molar-refractivity contribution in [1.82, 2.24) is 5.48 Å². The van der Waals surface area contributed by atoms with Gasteiger partial charge in [0, 0.05) is 6.04 Å². The van der Waals surface area contributed by atoms with Gasteiger partial charge in [-0.25, -0.2) is 0 Å². The Kier molecular flexibility index (Phi) is 3.88. The Morgan fingerprint density at radius 2 is 2.00 bits per heavy atom. The van der Waals surface area contributed by atoms with Gasteiger partial charge in [0.25, 0.3) is 0 Å². The van der Waals surface area contributed by atoms with Crippen LogP contribution in [0.5, 0.6) is 0 Å². The zero-order valence-electron chi connectivity index (χ0n) is 11.6. The van der Waals surface area contributed by atoms with Crippen LogP contribution < -0.4 is 5.48 Å². The van der Waals surface area contributed by atoms with E-state index in [-0.39, 0.29) is 11.5 Å². The van der Waals surface area contributed by atoms with Crippen LogP contribution in [0, 0.1) is 0 Å².